The number of methoxy groups -OCH3 is 1. The fourth-order valence-electron chi connectivity index (χ4n) is 2.63. The maximum Gasteiger partial charge on any atom is 0.303 e. The minimum atomic E-state index is -0.745. The molecule has 0 aromatic heterocycles. The van der Waals surface area contributed by atoms with Crippen LogP contribution in [0.2, 0.25) is 0 Å². The quantitative estimate of drug-likeness (QED) is 0.739. The second kappa shape index (κ2) is 11.7. The number of primary amides is 1. The van der Waals surface area contributed by atoms with Crippen molar-refractivity contribution in [2.24, 2.45) is 5.73 Å². The molecule has 5 nitrogen and oxygen atoms in total. The molecular formula is C22H29NO4. The average Bonchev–Trinajstić information content (AvgIpc) is 2.67. The lowest BCUT2D eigenvalue weighted by Crippen LogP contribution is -2.11. The number of hydrogen-bond acceptors (Lipinski definition) is 3. The van der Waals surface area contributed by atoms with Crippen LogP contribution in [0.5, 0.6) is 5.75 Å². The summed E-state index contributed by atoms with van der Waals surface area (Å²) in [6.45, 7) is 3.74. The molecule has 5 heteroatoms. The van der Waals surface area contributed by atoms with Crippen molar-refractivity contribution in [1.82, 2.24) is 0 Å². The van der Waals surface area contributed by atoms with E-state index in [1.165, 1.54) is 22.3 Å². The summed E-state index contributed by atoms with van der Waals surface area (Å²) in [5, 5.41) is 7.72. The summed E-state index contributed by atoms with van der Waals surface area (Å²) in [5.74, 6) is -0.0960. The summed E-state index contributed by atoms with van der Waals surface area (Å²) in [6, 6.07) is 14.6. The van der Waals surface area contributed by atoms with Gasteiger partial charge in [0, 0.05) is 19.3 Å². The first-order chi connectivity index (χ1) is 12.9. The van der Waals surface area contributed by atoms with E-state index in [0.29, 0.717) is 12.8 Å². The molecule has 146 valence electrons. The summed E-state index contributed by atoms with van der Waals surface area (Å²) in [4.78, 5) is 20.4. The largest absolute Gasteiger partial charge is 0.496 e. The number of ether oxygens (including phenoxy) is 1. The van der Waals surface area contributed by atoms with Crippen molar-refractivity contribution in [3.8, 4) is 5.75 Å². The van der Waals surface area contributed by atoms with Crippen molar-refractivity contribution in [2.45, 2.75) is 46.0 Å². The zero-order valence-electron chi connectivity index (χ0n) is 16.3. The number of aryl methyl sites for hydroxylation is 2. The zero-order valence-corrected chi connectivity index (χ0v) is 16.3. The van der Waals surface area contributed by atoms with Crippen LogP contribution in [0.3, 0.4) is 0 Å². The third-order valence-electron chi connectivity index (χ3n) is 4.07. The summed E-state index contributed by atoms with van der Waals surface area (Å²) in [5.41, 5.74) is 10.1. The second-order valence-electron chi connectivity index (χ2n) is 6.21. The number of carbonyl (C=O) groups is 2. The van der Waals surface area contributed by atoms with Crippen LogP contribution >= 0.6 is 0 Å². The standard InChI is InChI=1S/C19H23NO2.C3H6O2/c1-3-14-10-15(8-9-19(20)21)12-16(11-14)13-17-6-4-5-7-18(17)22-2;1-2-3(4)5/h4-7,10-12H,3,8-9,13H2,1-2H3,(H2,20,21);2H2,1H3,(H,4,5). The molecule has 0 saturated carbocycles. The predicted octanol–water partition coefficient (Wildman–Crippen LogP) is 3.75. The van der Waals surface area contributed by atoms with Gasteiger partial charge in [0.25, 0.3) is 0 Å². The first-order valence-electron chi connectivity index (χ1n) is 9.13. The van der Waals surface area contributed by atoms with Crippen molar-refractivity contribution in [1.29, 1.82) is 0 Å². The minimum absolute atomic E-state index is 0.222. The van der Waals surface area contributed by atoms with Crippen molar-refractivity contribution >= 4 is 11.9 Å². The number of aliphatic carboxylic acids is 1. The van der Waals surface area contributed by atoms with Crippen molar-refractivity contribution < 1.29 is 19.4 Å². The number of nitrogens with two attached hydrogens (primary N) is 1. The van der Waals surface area contributed by atoms with Gasteiger partial charge in [0.2, 0.25) is 5.91 Å². The molecule has 0 aliphatic rings. The van der Waals surface area contributed by atoms with Gasteiger partial charge < -0.3 is 15.6 Å². The Labute approximate surface area is 161 Å². The van der Waals surface area contributed by atoms with Crippen molar-refractivity contribution in [3.05, 3.63) is 64.7 Å². The molecular weight excluding hydrogens is 342 g/mol. The van der Waals surface area contributed by atoms with Gasteiger partial charge in [0.15, 0.2) is 0 Å². The Balaban J connectivity index is 0.000000646. The van der Waals surface area contributed by atoms with Gasteiger partial charge in [0.05, 0.1) is 7.11 Å². The maximum atomic E-state index is 11.0. The van der Waals surface area contributed by atoms with E-state index in [4.69, 9.17) is 15.6 Å². The highest BCUT2D eigenvalue weighted by Crippen LogP contribution is 2.23. The number of carboxylic acids is 1. The Morgan fingerprint density at radius 1 is 1.04 bits per heavy atom. The molecule has 0 saturated heterocycles. The van der Waals surface area contributed by atoms with Gasteiger partial charge in [0.1, 0.15) is 5.75 Å². The monoisotopic (exact) mass is 371 g/mol. The summed E-state index contributed by atoms with van der Waals surface area (Å²) >= 11 is 0. The lowest BCUT2D eigenvalue weighted by atomic mass is 9.96. The lowest BCUT2D eigenvalue weighted by molar-refractivity contribution is -0.136. The minimum Gasteiger partial charge on any atom is -0.496 e. The van der Waals surface area contributed by atoms with Gasteiger partial charge in [-0.2, -0.15) is 0 Å². The number of amides is 1. The van der Waals surface area contributed by atoms with Gasteiger partial charge in [-0.3, -0.25) is 9.59 Å². The van der Waals surface area contributed by atoms with Crippen LogP contribution in [0.15, 0.2) is 42.5 Å². The molecule has 0 spiro atoms. The fourth-order valence-corrected chi connectivity index (χ4v) is 2.63. The molecule has 0 radical (unpaired) electrons. The molecule has 0 atom stereocenters. The summed E-state index contributed by atoms with van der Waals surface area (Å²) < 4.78 is 5.42. The van der Waals surface area contributed by atoms with E-state index in [1.54, 1.807) is 14.0 Å². The van der Waals surface area contributed by atoms with Crippen LogP contribution < -0.4 is 10.5 Å². The Morgan fingerprint density at radius 3 is 2.19 bits per heavy atom. The molecule has 1 amide bonds. The number of carbonyl (C=O) groups excluding carboxylic acids is 1. The normalized spacial score (nSPS) is 9.89. The summed E-state index contributed by atoms with van der Waals surface area (Å²) in [6.07, 6.45) is 3.11. The Hall–Kier alpha value is -2.82. The SMILES string of the molecule is CCC(=O)O.CCc1cc(CCC(N)=O)cc(Cc2ccccc2OC)c1. The molecule has 0 fully saturated rings. The fraction of sp³-hybridized carbons (Fsp3) is 0.364. The van der Waals surface area contributed by atoms with Crippen LogP contribution in [0.4, 0.5) is 0 Å². The van der Waals surface area contributed by atoms with Crippen LogP contribution in [0.25, 0.3) is 0 Å². The Kier molecular flexibility index (Phi) is 9.65. The van der Waals surface area contributed by atoms with Crippen LogP contribution in [-0.2, 0) is 28.9 Å². The van der Waals surface area contributed by atoms with Gasteiger partial charge in [-0.15, -0.1) is 0 Å². The molecule has 0 bridgehead atoms. The van der Waals surface area contributed by atoms with E-state index in [-0.39, 0.29) is 12.3 Å². The van der Waals surface area contributed by atoms with Crippen molar-refractivity contribution in [2.75, 3.05) is 7.11 Å². The van der Waals surface area contributed by atoms with Crippen LogP contribution in [0, 0.1) is 0 Å². The van der Waals surface area contributed by atoms with Crippen LogP contribution in [-0.4, -0.2) is 24.1 Å². The number of para-hydroxylation sites is 1. The van der Waals surface area contributed by atoms with E-state index in [1.807, 2.05) is 18.2 Å². The van der Waals surface area contributed by atoms with E-state index in [2.05, 4.69) is 31.2 Å². The molecule has 0 aliphatic carbocycles. The van der Waals surface area contributed by atoms with E-state index in [0.717, 1.165) is 18.6 Å². The maximum absolute atomic E-state index is 11.0. The number of carboxylic acid groups (broad SMARTS) is 1. The van der Waals surface area contributed by atoms with E-state index < -0.39 is 5.97 Å². The first kappa shape index (κ1) is 22.2. The average molecular weight is 371 g/mol. The molecule has 0 heterocycles. The number of rotatable bonds is 8. The number of benzene rings is 2. The predicted molar refractivity (Wildman–Crippen MR) is 107 cm³/mol. The smallest absolute Gasteiger partial charge is 0.303 e. The molecule has 2 rings (SSSR count). The highest BCUT2D eigenvalue weighted by Gasteiger charge is 2.06. The van der Waals surface area contributed by atoms with Gasteiger partial charge in [-0.05, 0) is 41.2 Å². The third kappa shape index (κ3) is 8.40. The molecule has 27 heavy (non-hydrogen) atoms. The topological polar surface area (TPSA) is 89.6 Å². The molecule has 3 N–H and O–H groups in total. The Morgan fingerprint density at radius 2 is 1.63 bits per heavy atom. The first-order valence-corrected chi connectivity index (χ1v) is 9.13. The summed E-state index contributed by atoms with van der Waals surface area (Å²) in [7, 11) is 1.69. The van der Waals surface area contributed by atoms with Crippen LogP contribution in [0.1, 0.15) is 48.9 Å². The van der Waals surface area contributed by atoms with Crippen molar-refractivity contribution in [3.63, 3.8) is 0 Å². The highest BCUT2D eigenvalue weighted by molar-refractivity contribution is 5.74. The van der Waals surface area contributed by atoms with Gasteiger partial charge >= 0.3 is 5.97 Å². The zero-order chi connectivity index (χ0) is 20.2. The Bertz CT molecular complexity index is 756. The van der Waals surface area contributed by atoms with E-state index in [9.17, 15) is 9.59 Å². The van der Waals surface area contributed by atoms with Gasteiger partial charge in [-0.1, -0.05) is 50.2 Å². The second-order valence-corrected chi connectivity index (χ2v) is 6.21. The van der Waals surface area contributed by atoms with Gasteiger partial charge in [-0.25, -0.2) is 0 Å². The third-order valence-corrected chi connectivity index (χ3v) is 4.07. The molecule has 0 unspecified atom stereocenters. The molecule has 0 aliphatic heterocycles. The van der Waals surface area contributed by atoms with E-state index >= 15 is 0 Å². The highest BCUT2D eigenvalue weighted by atomic mass is 16.5. The lowest BCUT2D eigenvalue weighted by Gasteiger charge is -2.11. The number of hydrogen-bond donors (Lipinski definition) is 2. The molecule has 2 aromatic carbocycles. The molecule has 2 aromatic rings.